The van der Waals surface area contributed by atoms with E-state index in [1.807, 2.05) is 0 Å². The zero-order chi connectivity index (χ0) is 16.1. The predicted octanol–water partition coefficient (Wildman–Crippen LogP) is 1.41. The van der Waals surface area contributed by atoms with E-state index in [9.17, 15) is 26.7 Å². The smallest absolute Gasteiger partial charge is 0.411 e. The van der Waals surface area contributed by atoms with Crippen LogP contribution in [-0.2, 0) is 14.6 Å². The molecule has 1 unspecified atom stereocenters. The number of aliphatic hydroxyl groups excluding tert-OH is 1. The molecule has 0 fully saturated rings. The number of rotatable bonds is 7. The molecule has 0 aromatic heterocycles. The van der Waals surface area contributed by atoms with Crippen molar-refractivity contribution < 1.29 is 36.2 Å². The Kier molecular flexibility index (Phi) is 5.99. The van der Waals surface area contributed by atoms with Gasteiger partial charge in [0.25, 0.3) is 0 Å². The van der Waals surface area contributed by atoms with Crippen LogP contribution in [0.5, 0.6) is 5.75 Å². The number of hydrogen-bond acceptors (Lipinski definition) is 5. The lowest BCUT2D eigenvalue weighted by Gasteiger charge is -2.14. The highest BCUT2D eigenvalue weighted by Crippen LogP contribution is 2.18. The molecule has 1 atom stereocenters. The summed E-state index contributed by atoms with van der Waals surface area (Å²) in [6, 6.07) is 5.57. The first-order chi connectivity index (χ1) is 9.58. The second-order valence-electron chi connectivity index (χ2n) is 4.34. The van der Waals surface area contributed by atoms with E-state index in [0.29, 0.717) is 0 Å². The van der Waals surface area contributed by atoms with Gasteiger partial charge in [-0.1, -0.05) is 6.07 Å². The fraction of sp³-hybridized carbons (Fsp3) is 0.500. The summed E-state index contributed by atoms with van der Waals surface area (Å²) >= 11 is 0. The fourth-order valence-electron chi connectivity index (χ4n) is 1.35. The zero-order valence-corrected chi connectivity index (χ0v) is 11.9. The summed E-state index contributed by atoms with van der Waals surface area (Å²) in [7, 11) is -3.39. The summed E-state index contributed by atoms with van der Waals surface area (Å²) < 4.78 is 67.5. The maximum absolute atomic E-state index is 11.8. The van der Waals surface area contributed by atoms with Crippen molar-refractivity contribution in [1.29, 1.82) is 0 Å². The second kappa shape index (κ2) is 7.10. The molecule has 0 aliphatic heterocycles. The molecule has 0 aliphatic rings. The molecule has 0 heterocycles. The molecule has 0 spiro atoms. The number of sulfone groups is 1. The van der Waals surface area contributed by atoms with Crippen LogP contribution in [0.15, 0.2) is 29.2 Å². The highest BCUT2D eigenvalue weighted by molar-refractivity contribution is 7.90. The van der Waals surface area contributed by atoms with Crippen LogP contribution in [0.2, 0.25) is 0 Å². The first-order valence-corrected chi connectivity index (χ1v) is 7.72. The molecular weight excluding hydrogens is 313 g/mol. The largest absolute Gasteiger partial charge is 0.491 e. The number of alkyl halides is 3. The van der Waals surface area contributed by atoms with Gasteiger partial charge >= 0.3 is 6.18 Å². The maximum atomic E-state index is 11.8. The molecule has 0 saturated carbocycles. The van der Waals surface area contributed by atoms with Crippen molar-refractivity contribution in [2.24, 2.45) is 0 Å². The number of aliphatic hydroxyl groups is 1. The van der Waals surface area contributed by atoms with E-state index < -0.39 is 35.3 Å². The Morgan fingerprint density at radius 1 is 1.29 bits per heavy atom. The molecule has 0 amide bonds. The van der Waals surface area contributed by atoms with Crippen LogP contribution >= 0.6 is 0 Å². The summed E-state index contributed by atoms with van der Waals surface area (Å²) in [4.78, 5) is 0.0443. The Bertz CT molecular complexity index is 556. The third-order valence-electron chi connectivity index (χ3n) is 2.25. The number of ether oxygens (including phenoxy) is 2. The topological polar surface area (TPSA) is 72.8 Å². The van der Waals surface area contributed by atoms with Gasteiger partial charge in [0.05, 0.1) is 11.5 Å². The van der Waals surface area contributed by atoms with Crippen LogP contribution in [0, 0.1) is 0 Å². The minimum atomic E-state index is -4.45. The maximum Gasteiger partial charge on any atom is 0.411 e. The fourth-order valence-corrected chi connectivity index (χ4v) is 2.00. The second-order valence-corrected chi connectivity index (χ2v) is 6.36. The number of benzene rings is 1. The standard InChI is InChI=1S/C12H15F3O5S/c1-21(17,18)11-4-2-3-10(5-11)20-7-9(16)6-19-8-12(13,14)15/h2-5,9,16H,6-8H2,1H3. The molecule has 21 heavy (non-hydrogen) atoms. The van der Waals surface area contributed by atoms with E-state index in [0.717, 1.165) is 6.26 Å². The van der Waals surface area contributed by atoms with Crippen LogP contribution in [0.3, 0.4) is 0 Å². The van der Waals surface area contributed by atoms with E-state index in [-0.39, 0.29) is 17.3 Å². The molecule has 0 radical (unpaired) electrons. The van der Waals surface area contributed by atoms with Gasteiger partial charge in [-0.15, -0.1) is 0 Å². The Labute approximate surface area is 120 Å². The third-order valence-corrected chi connectivity index (χ3v) is 3.36. The van der Waals surface area contributed by atoms with E-state index in [4.69, 9.17) is 4.74 Å². The minimum Gasteiger partial charge on any atom is -0.491 e. The lowest BCUT2D eigenvalue weighted by molar-refractivity contribution is -0.179. The third kappa shape index (κ3) is 7.30. The van der Waals surface area contributed by atoms with Crippen molar-refractivity contribution in [3.63, 3.8) is 0 Å². The molecule has 9 heteroatoms. The van der Waals surface area contributed by atoms with Crippen molar-refractivity contribution in [3.8, 4) is 5.75 Å². The molecule has 1 N–H and O–H groups in total. The number of halogens is 3. The average molecular weight is 328 g/mol. The van der Waals surface area contributed by atoms with Gasteiger partial charge in [0, 0.05) is 6.26 Å². The molecular formula is C12H15F3O5S. The lowest BCUT2D eigenvalue weighted by Crippen LogP contribution is -2.27. The minimum absolute atomic E-state index is 0.0443. The Hall–Kier alpha value is -1.32. The first kappa shape index (κ1) is 17.7. The van der Waals surface area contributed by atoms with Gasteiger partial charge in [-0.3, -0.25) is 0 Å². The van der Waals surface area contributed by atoms with Crippen LogP contribution in [0.25, 0.3) is 0 Å². The highest BCUT2D eigenvalue weighted by atomic mass is 32.2. The molecule has 0 aliphatic carbocycles. The summed E-state index contributed by atoms with van der Waals surface area (Å²) in [6.07, 6.45) is -4.68. The van der Waals surface area contributed by atoms with E-state index in [1.165, 1.54) is 24.3 Å². The SMILES string of the molecule is CS(=O)(=O)c1cccc(OCC(O)COCC(F)(F)F)c1. The van der Waals surface area contributed by atoms with Gasteiger partial charge in [0.15, 0.2) is 9.84 Å². The van der Waals surface area contributed by atoms with Gasteiger partial charge < -0.3 is 14.6 Å². The van der Waals surface area contributed by atoms with Gasteiger partial charge in [-0.25, -0.2) is 8.42 Å². The van der Waals surface area contributed by atoms with Crippen molar-refractivity contribution in [2.45, 2.75) is 17.2 Å². The van der Waals surface area contributed by atoms with Crippen molar-refractivity contribution in [3.05, 3.63) is 24.3 Å². The first-order valence-electron chi connectivity index (χ1n) is 5.83. The van der Waals surface area contributed by atoms with Crippen LogP contribution in [0.4, 0.5) is 13.2 Å². The molecule has 1 aromatic rings. The van der Waals surface area contributed by atoms with E-state index in [1.54, 1.807) is 0 Å². The summed E-state index contributed by atoms with van der Waals surface area (Å²) in [6.45, 7) is -2.30. The van der Waals surface area contributed by atoms with Crippen molar-refractivity contribution >= 4 is 9.84 Å². The average Bonchev–Trinajstić information content (AvgIpc) is 2.34. The monoisotopic (exact) mass is 328 g/mol. The number of hydrogen-bond donors (Lipinski definition) is 1. The van der Waals surface area contributed by atoms with E-state index >= 15 is 0 Å². The van der Waals surface area contributed by atoms with Gasteiger partial charge in [0.1, 0.15) is 25.1 Å². The normalized spacial score (nSPS) is 14.0. The molecule has 0 saturated heterocycles. The predicted molar refractivity (Wildman–Crippen MR) is 67.9 cm³/mol. The Morgan fingerprint density at radius 3 is 2.52 bits per heavy atom. The quantitative estimate of drug-likeness (QED) is 0.819. The van der Waals surface area contributed by atoms with Crippen LogP contribution in [0.1, 0.15) is 0 Å². The van der Waals surface area contributed by atoms with Crippen molar-refractivity contribution in [2.75, 3.05) is 26.1 Å². The molecule has 5 nitrogen and oxygen atoms in total. The van der Waals surface area contributed by atoms with Gasteiger partial charge in [0.2, 0.25) is 0 Å². The van der Waals surface area contributed by atoms with Crippen LogP contribution in [-0.4, -0.2) is 51.9 Å². The van der Waals surface area contributed by atoms with E-state index in [2.05, 4.69) is 4.74 Å². The molecule has 1 rings (SSSR count). The van der Waals surface area contributed by atoms with Gasteiger partial charge in [-0.2, -0.15) is 13.2 Å². The molecule has 0 bridgehead atoms. The molecule has 120 valence electrons. The Morgan fingerprint density at radius 2 is 1.95 bits per heavy atom. The Balaban J connectivity index is 2.45. The molecule has 1 aromatic carbocycles. The lowest BCUT2D eigenvalue weighted by atomic mass is 10.3. The van der Waals surface area contributed by atoms with Crippen molar-refractivity contribution in [1.82, 2.24) is 0 Å². The van der Waals surface area contributed by atoms with Gasteiger partial charge in [-0.05, 0) is 18.2 Å². The van der Waals surface area contributed by atoms with Crippen LogP contribution < -0.4 is 4.74 Å². The highest BCUT2D eigenvalue weighted by Gasteiger charge is 2.27. The summed E-state index contributed by atoms with van der Waals surface area (Å²) in [5.74, 6) is 0.188. The summed E-state index contributed by atoms with van der Waals surface area (Å²) in [5.41, 5.74) is 0. The summed E-state index contributed by atoms with van der Waals surface area (Å²) in [5, 5.41) is 9.40. The zero-order valence-electron chi connectivity index (χ0n) is 11.1.